The Balaban J connectivity index is 2.79. The van der Waals surface area contributed by atoms with E-state index in [0.717, 1.165) is 25.0 Å². The second-order valence-electron chi connectivity index (χ2n) is 3.56. The lowest BCUT2D eigenvalue weighted by atomic mass is 10.0. The largest absolute Gasteiger partial charge is 0.494 e. The molecule has 0 saturated carbocycles. The first-order valence-electron chi connectivity index (χ1n) is 5.67. The SMILES string of the molecule is CCOc1cc(CCCO)ccc1CC. The summed E-state index contributed by atoms with van der Waals surface area (Å²) in [6.07, 6.45) is 2.73. The van der Waals surface area contributed by atoms with Gasteiger partial charge in [-0.1, -0.05) is 19.1 Å². The number of aryl methyl sites for hydroxylation is 2. The van der Waals surface area contributed by atoms with Crippen molar-refractivity contribution < 1.29 is 9.84 Å². The van der Waals surface area contributed by atoms with Crippen molar-refractivity contribution in [2.24, 2.45) is 0 Å². The van der Waals surface area contributed by atoms with E-state index in [2.05, 4.69) is 25.1 Å². The molecule has 1 aromatic rings. The van der Waals surface area contributed by atoms with Gasteiger partial charge in [-0.25, -0.2) is 0 Å². The number of rotatable bonds is 6. The van der Waals surface area contributed by atoms with Gasteiger partial charge in [0.2, 0.25) is 0 Å². The Hall–Kier alpha value is -1.02. The smallest absolute Gasteiger partial charge is 0.122 e. The Kier molecular flexibility index (Phi) is 5.19. The molecule has 0 fully saturated rings. The van der Waals surface area contributed by atoms with E-state index in [4.69, 9.17) is 9.84 Å². The van der Waals surface area contributed by atoms with Crippen LogP contribution in [0, 0.1) is 0 Å². The maximum atomic E-state index is 8.77. The molecular weight excluding hydrogens is 188 g/mol. The molecule has 0 aliphatic carbocycles. The monoisotopic (exact) mass is 208 g/mol. The third kappa shape index (κ3) is 3.56. The molecule has 1 rings (SSSR count). The molecule has 0 radical (unpaired) electrons. The van der Waals surface area contributed by atoms with Crippen molar-refractivity contribution in [1.82, 2.24) is 0 Å². The van der Waals surface area contributed by atoms with E-state index in [9.17, 15) is 0 Å². The molecule has 0 aliphatic rings. The van der Waals surface area contributed by atoms with Gasteiger partial charge in [-0.3, -0.25) is 0 Å². The topological polar surface area (TPSA) is 29.5 Å². The molecule has 0 amide bonds. The van der Waals surface area contributed by atoms with Crippen LogP contribution < -0.4 is 4.74 Å². The van der Waals surface area contributed by atoms with Gasteiger partial charge >= 0.3 is 0 Å². The number of hydrogen-bond acceptors (Lipinski definition) is 2. The molecule has 0 atom stereocenters. The van der Waals surface area contributed by atoms with Crippen LogP contribution in [0.4, 0.5) is 0 Å². The number of aliphatic hydroxyl groups is 1. The maximum absolute atomic E-state index is 8.77. The lowest BCUT2D eigenvalue weighted by Gasteiger charge is -2.10. The molecule has 0 spiro atoms. The molecule has 2 nitrogen and oxygen atoms in total. The van der Waals surface area contributed by atoms with Crippen LogP contribution in [-0.4, -0.2) is 18.3 Å². The molecule has 0 aromatic heterocycles. The molecule has 15 heavy (non-hydrogen) atoms. The lowest BCUT2D eigenvalue weighted by molar-refractivity contribution is 0.288. The highest BCUT2D eigenvalue weighted by Crippen LogP contribution is 2.21. The molecule has 0 heterocycles. The summed E-state index contributed by atoms with van der Waals surface area (Å²) in [6.45, 7) is 5.08. The number of benzene rings is 1. The van der Waals surface area contributed by atoms with Crippen molar-refractivity contribution in [3.05, 3.63) is 29.3 Å². The van der Waals surface area contributed by atoms with Crippen molar-refractivity contribution >= 4 is 0 Å². The van der Waals surface area contributed by atoms with E-state index in [1.807, 2.05) is 6.92 Å². The van der Waals surface area contributed by atoms with Gasteiger partial charge in [0, 0.05) is 6.61 Å². The fourth-order valence-electron chi connectivity index (χ4n) is 1.62. The average molecular weight is 208 g/mol. The average Bonchev–Trinajstić information content (AvgIpc) is 2.27. The van der Waals surface area contributed by atoms with Crippen molar-refractivity contribution in [1.29, 1.82) is 0 Å². The first kappa shape index (κ1) is 12.1. The van der Waals surface area contributed by atoms with Gasteiger partial charge in [-0.15, -0.1) is 0 Å². The summed E-state index contributed by atoms with van der Waals surface area (Å²) in [4.78, 5) is 0. The normalized spacial score (nSPS) is 10.3. The van der Waals surface area contributed by atoms with E-state index in [1.165, 1.54) is 11.1 Å². The second-order valence-corrected chi connectivity index (χ2v) is 3.56. The summed E-state index contributed by atoms with van der Waals surface area (Å²) >= 11 is 0. The summed E-state index contributed by atoms with van der Waals surface area (Å²) in [5, 5.41) is 8.77. The minimum atomic E-state index is 0.250. The van der Waals surface area contributed by atoms with Crippen LogP contribution in [0.2, 0.25) is 0 Å². The Labute approximate surface area is 91.9 Å². The van der Waals surface area contributed by atoms with Gasteiger partial charge in [0.1, 0.15) is 5.75 Å². The van der Waals surface area contributed by atoms with E-state index in [0.29, 0.717) is 6.61 Å². The van der Waals surface area contributed by atoms with Gasteiger partial charge in [-0.05, 0) is 43.4 Å². The van der Waals surface area contributed by atoms with E-state index in [1.54, 1.807) is 0 Å². The molecular formula is C13H20O2. The number of hydrogen-bond donors (Lipinski definition) is 1. The molecule has 0 unspecified atom stereocenters. The molecule has 2 heteroatoms. The van der Waals surface area contributed by atoms with Gasteiger partial charge in [0.25, 0.3) is 0 Å². The summed E-state index contributed by atoms with van der Waals surface area (Å²) in [5.41, 5.74) is 2.49. The van der Waals surface area contributed by atoms with Crippen molar-refractivity contribution in [2.75, 3.05) is 13.2 Å². The van der Waals surface area contributed by atoms with Crippen molar-refractivity contribution in [2.45, 2.75) is 33.1 Å². The molecule has 0 aliphatic heterocycles. The van der Waals surface area contributed by atoms with Crippen LogP contribution >= 0.6 is 0 Å². The quantitative estimate of drug-likeness (QED) is 0.778. The third-order valence-corrected chi connectivity index (χ3v) is 2.44. The highest BCUT2D eigenvalue weighted by atomic mass is 16.5. The second kappa shape index (κ2) is 6.46. The highest BCUT2D eigenvalue weighted by Gasteiger charge is 2.03. The Morgan fingerprint density at radius 1 is 1.27 bits per heavy atom. The van der Waals surface area contributed by atoms with Crippen LogP contribution in [0.25, 0.3) is 0 Å². The minimum absolute atomic E-state index is 0.250. The summed E-state index contributed by atoms with van der Waals surface area (Å²) in [7, 11) is 0. The van der Waals surface area contributed by atoms with E-state index < -0.39 is 0 Å². The fourth-order valence-corrected chi connectivity index (χ4v) is 1.62. The first-order valence-corrected chi connectivity index (χ1v) is 5.67. The number of aliphatic hydroxyl groups excluding tert-OH is 1. The maximum Gasteiger partial charge on any atom is 0.122 e. The molecule has 84 valence electrons. The lowest BCUT2D eigenvalue weighted by Crippen LogP contribution is -1.98. The summed E-state index contributed by atoms with van der Waals surface area (Å²) < 4.78 is 5.59. The Morgan fingerprint density at radius 2 is 2.07 bits per heavy atom. The van der Waals surface area contributed by atoms with Crippen LogP contribution in [0.3, 0.4) is 0 Å². The minimum Gasteiger partial charge on any atom is -0.494 e. The number of ether oxygens (including phenoxy) is 1. The highest BCUT2D eigenvalue weighted by molar-refractivity contribution is 5.37. The van der Waals surface area contributed by atoms with Gasteiger partial charge in [-0.2, -0.15) is 0 Å². The van der Waals surface area contributed by atoms with Crippen molar-refractivity contribution in [3.8, 4) is 5.75 Å². The van der Waals surface area contributed by atoms with Gasteiger partial charge < -0.3 is 9.84 Å². The predicted octanol–water partition coefficient (Wildman–Crippen LogP) is 2.57. The van der Waals surface area contributed by atoms with Gasteiger partial charge in [0.05, 0.1) is 6.61 Å². The zero-order chi connectivity index (χ0) is 11.1. The van der Waals surface area contributed by atoms with Crippen LogP contribution in [0.1, 0.15) is 31.4 Å². The van der Waals surface area contributed by atoms with Crippen LogP contribution in [0.15, 0.2) is 18.2 Å². The standard InChI is InChI=1S/C13H20O2/c1-3-12-8-7-11(6-5-9-14)10-13(12)15-4-2/h7-8,10,14H,3-6,9H2,1-2H3. The van der Waals surface area contributed by atoms with Gasteiger partial charge in [0.15, 0.2) is 0 Å². The molecule has 0 saturated heterocycles. The first-order chi connectivity index (χ1) is 7.31. The zero-order valence-electron chi connectivity index (χ0n) is 9.62. The molecule has 1 N–H and O–H groups in total. The van der Waals surface area contributed by atoms with E-state index >= 15 is 0 Å². The van der Waals surface area contributed by atoms with Crippen LogP contribution in [0.5, 0.6) is 5.75 Å². The molecule has 0 bridgehead atoms. The fraction of sp³-hybridized carbons (Fsp3) is 0.538. The molecule has 1 aromatic carbocycles. The summed E-state index contributed by atoms with van der Waals surface area (Å²) in [6, 6.07) is 6.34. The Morgan fingerprint density at radius 3 is 2.67 bits per heavy atom. The van der Waals surface area contributed by atoms with E-state index in [-0.39, 0.29) is 6.61 Å². The van der Waals surface area contributed by atoms with Crippen LogP contribution in [-0.2, 0) is 12.8 Å². The Bertz CT molecular complexity index is 295. The van der Waals surface area contributed by atoms with Crippen molar-refractivity contribution in [3.63, 3.8) is 0 Å². The third-order valence-electron chi connectivity index (χ3n) is 2.44. The predicted molar refractivity (Wildman–Crippen MR) is 62.4 cm³/mol. The zero-order valence-corrected chi connectivity index (χ0v) is 9.62. The summed E-state index contributed by atoms with van der Waals surface area (Å²) in [5.74, 6) is 0.996.